The summed E-state index contributed by atoms with van der Waals surface area (Å²) < 4.78 is 109. The molecule has 6 nitrogen and oxygen atoms in total. The van der Waals surface area contributed by atoms with Crippen LogP contribution in [-0.2, 0) is 33.8 Å². The van der Waals surface area contributed by atoms with Crippen LogP contribution in [0.5, 0.6) is 0 Å². The van der Waals surface area contributed by atoms with E-state index in [0.717, 1.165) is 40.7 Å². The number of nitrogens with zero attached hydrogens (tertiary/aromatic N) is 2. The monoisotopic (exact) mass is 571 g/mol. The molecule has 0 saturated heterocycles. The molecule has 0 spiro atoms. The van der Waals surface area contributed by atoms with Gasteiger partial charge in [0.25, 0.3) is 10.0 Å². The molecule has 39 heavy (non-hydrogen) atoms. The summed E-state index contributed by atoms with van der Waals surface area (Å²) in [6.07, 6.45) is -9.38. The van der Waals surface area contributed by atoms with Crippen molar-refractivity contribution in [1.29, 1.82) is 0 Å². The summed E-state index contributed by atoms with van der Waals surface area (Å²) in [5.74, 6) is -0.198. The molecule has 1 aromatic heterocycles. The van der Waals surface area contributed by atoms with E-state index >= 15 is 0 Å². The summed E-state index contributed by atoms with van der Waals surface area (Å²) in [6.45, 7) is 2.54. The molecule has 0 amide bonds. The highest BCUT2D eigenvalue weighted by atomic mass is 32.2. The average molecular weight is 572 g/mol. The maximum atomic E-state index is 13.9. The SMILES string of the molecule is CC(C)(O)c1ccc2c(c1)N(S(=O)(=O)c1ccc(C3(C(F)(F)F)CC3)cc1)Cc1ccc(C(F)(F)F)nc1N2. The maximum absolute atomic E-state index is 13.9. The normalized spacial score (nSPS) is 17.1. The number of hydrogen-bond donors (Lipinski definition) is 2. The number of anilines is 3. The van der Waals surface area contributed by atoms with Gasteiger partial charge in [-0.05, 0) is 68.1 Å². The number of benzene rings is 2. The van der Waals surface area contributed by atoms with Crippen molar-refractivity contribution < 1.29 is 39.9 Å². The number of aliphatic hydroxyl groups is 1. The van der Waals surface area contributed by atoms with E-state index in [2.05, 4.69) is 10.3 Å². The summed E-state index contributed by atoms with van der Waals surface area (Å²) in [7, 11) is -4.44. The lowest BCUT2D eigenvalue weighted by molar-refractivity contribution is -0.160. The second kappa shape index (κ2) is 8.59. The smallest absolute Gasteiger partial charge is 0.386 e. The fraction of sp³-hybridized carbons (Fsp3) is 0.346. The third-order valence-electron chi connectivity index (χ3n) is 7.10. The topological polar surface area (TPSA) is 82.5 Å². The molecule has 0 unspecified atom stereocenters. The predicted octanol–water partition coefficient (Wildman–Crippen LogP) is 6.37. The minimum absolute atomic E-state index is 0.0271. The summed E-state index contributed by atoms with van der Waals surface area (Å²) >= 11 is 0. The molecule has 2 aliphatic rings. The number of sulfonamides is 1. The van der Waals surface area contributed by atoms with E-state index in [1.165, 1.54) is 32.0 Å². The lowest BCUT2D eigenvalue weighted by Gasteiger charge is -2.27. The molecule has 208 valence electrons. The molecule has 13 heteroatoms. The maximum Gasteiger partial charge on any atom is 0.433 e. The average Bonchev–Trinajstić information content (AvgIpc) is 3.66. The number of aromatic nitrogens is 1. The molecule has 2 aromatic carbocycles. The lowest BCUT2D eigenvalue weighted by Crippen LogP contribution is -2.31. The zero-order valence-electron chi connectivity index (χ0n) is 20.7. The highest BCUT2D eigenvalue weighted by Crippen LogP contribution is 2.59. The fourth-order valence-corrected chi connectivity index (χ4v) is 6.08. The highest BCUT2D eigenvalue weighted by molar-refractivity contribution is 7.92. The van der Waals surface area contributed by atoms with E-state index in [1.807, 2.05) is 0 Å². The molecule has 0 radical (unpaired) electrons. The third kappa shape index (κ3) is 4.71. The van der Waals surface area contributed by atoms with Crippen molar-refractivity contribution in [3.8, 4) is 0 Å². The van der Waals surface area contributed by atoms with Gasteiger partial charge in [0.1, 0.15) is 11.5 Å². The zero-order chi connectivity index (χ0) is 28.6. The van der Waals surface area contributed by atoms with Crippen LogP contribution in [0.15, 0.2) is 59.5 Å². The van der Waals surface area contributed by atoms with Crippen LogP contribution in [0.1, 0.15) is 49.1 Å². The van der Waals surface area contributed by atoms with Gasteiger partial charge in [0.2, 0.25) is 0 Å². The van der Waals surface area contributed by atoms with Crippen LogP contribution in [0.25, 0.3) is 0 Å². The Bertz CT molecular complexity index is 1540. The molecule has 1 aliphatic heterocycles. The van der Waals surface area contributed by atoms with Gasteiger partial charge in [-0.3, -0.25) is 4.31 Å². The van der Waals surface area contributed by atoms with E-state index in [0.29, 0.717) is 5.56 Å². The van der Waals surface area contributed by atoms with E-state index in [1.54, 1.807) is 0 Å². The van der Waals surface area contributed by atoms with Crippen LogP contribution >= 0.6 is 0 Å². The molecule has 2 N–H and O–H groups in total. The van der Waals surface area contributed by atoms with Crippen molar-refractivity contribution >= 4 is 27.2 Å². The number of nitrogens with one attached hydrogen (secondary N) is 1. The van der Waals surface area contributed by atoms with Crippen molar-refractivity contribution in [2.75, 3.05) is 9.62 Å². The van der Waals surface area contributed by atoms with E-state index < -0.39 is 45.6 Å². The summed E-state index contributed by atoms with van der Waals surface area (Å²) in [4.78, 5) is 3.36. The van der Waals surface area contributed by atoms with Gasteiger partial charge in [-0.15, -0.1) is 0 Å². The Hall–Kier alpha value is -3.32. The molecule has 1 saturated carbocycles. The van der Waals surface area contributed by atoms with E-state index in [4.69, 9.17) is 0 Å². The number of halogens is 6. The Morgan fingerprint density at radius 2 is 1.59 bits per heavy atom. The number of rotatable bonds is 4. The van der Waals surface area contributed by atoms with E-state index in [-0.39, 0.29) is 46.1 Å². The molecular formula is C26H23F6N3O3S. The largest absolute Gasteiger partial charge is 0.433 e. The Kier molecular flexibility index (Phi) is 6.00. The zero-order valence-corrected chi connectivity index (χ0v) is 21.5. The highest BCUT2D eigenvalue weighted by Gasteiger charge is 2.64. The lowest BCUT2D eigenvalue weighted by atomic mass is 9.95. The Labute approximate surface area is 220 Å². The summed E-state index contributed by atoms with van der Waals surface area (Å²) in [5.41, 5.74) is -3.98. The summed E-state index contributed by atoms with van der Waals surface area (Å²) in [6, 6.07) is 10.7. The predicted molar refractivity (Wildman–Crippen MR) is 131 cm³/mol. The van der Waals surface area contributed by atoms with Crippen LogP contribution in [0.2, 0.25) is 0 Å². The van der Waals surface area contributed by atoms with Crippen molar-refractivity contribution in [3.05, 3.63) is 77.0 Å². The number of hydrogen-bond acceptors (Lipinski definition) is 5. The standard InChI is InChI=1S/C26H23F6N3O3S/c1-23(2,36)17-6-9-19-20(13-17)35(14-15-3-10-21(25(27,28)29)34-22(15)33-19)39(37,38)18-7-4-16(5-8-18)24(11-12-24)26(30,31)32/h3-10,13,36H,11-12,14H2,1-2H3,(H,33,34). The van der Waals surface area contributed by atoms with Crippen molar-refractivity contribution in [2.45, 2.75) is 61.5 Å². The minimum atomic E-state index is -4.74. The quantitative estimate of drug-likeness (QED) is 0.356. The van der Waals surface area contributed by atoms with Gasteiger partial charge in [-0.1, -0.05) is 24.3 Å². The van der Waals surface area contributed by atoms with Gasteiger partial charge in [-0.25, -0.2) is 13.4 Å². The molecule has 3 aromatic rings. The number of alkyl halides is 6. The van der Waals surface area contributed by atoms with Gasteiger partial charge in [0.15, 0.2) is 0 Å². The first-order valence-electron chi connectivity index (χ1n) is 11.8. The molecule has 5 rings (SSSR count). The van der Waals surface area contributed by atoms with Crippen LogP contribution in [0, 0.1) is 0 Å². The fourth-order valence-electron chi connectivity index (χ4n) is 4.62. The number of fused-ring (bicyclic) bond motifs is 2. The second-order valence-electron chi connectivity index (χ2n) is 10.2. The first kappa shape index (κ1) is 27.3. The second-order valence-corrected chi connectivity index (χ2v) is 12.1. The van der Waals surface area contributed by atoms with Crippen molar-refractivity contribution in [1.82, 2.24) is 4.98 Å². The van der Waals surface area contributed by atoms with Crippen molar-refractivity contribution in [3.63, 3.8) is 0 Å². The van der Waals surface area contributed by atoms with Crippen LogP contribution in [0.4, 0.5) is 43.5 Å². The van der Waals surface area contributed by atoms with Crippen LogP contribution in [-0.4, -0.2) is 24.7 Å². The third-order valence-corrected chi connectivity index (χ3v) is 8.87. The van der Waals surface area contributed by atoms with Gasteiger partial charge < -0.3 is 10.4 Å². The van der Waals surface area contributed by atoms with Crippen LogP contribution in [0.3, 0.4) is 0 Å². The minimum Gasteiger partial charge on any atom is -0.386 e. The van der Waals surface area contributed by atoms with Crippen LogP contribution < -0.4 is 9.62 Å². The first-order chi connectivity index (χ1) is 17.9. The first-order valence-corrected chi connectivity index (χ1v) is 13.3. The van der Waals surface area contributed by atoms with Gasteiger partial charge in [0, 0.05) is 5.56 Å². The molecular weight excluding hydrogens is 548 g/mol. The molecule has 0 bridgehead atoms. The molecule has 1 fully saturated rings. The van der Waals surface area contributed by atoms with Gasteiger partial charge >= 0.3 is 12.4 Å². The Morgan fingerprint density at radius 3 is 2.13 bits per heavy atom. The summed E-state index contributed by atoms with van der Waals surface area (Å²) in [5, 5.41) is 13.3. The molecule has 1 aliphatic carbocycles. The Balaban J connectivity index is 1.62. The van der Waals surface area contributed by atoms with E-state index in [9.17, 15) is 39.9 Å². The number of pyridine rings is 1. The van der Waals surface area contributed by atoms with Gasteiger partial charge in [0.05, 0.1) is 33.8 Å². The van der Waals surface area contributed by atoms with Crippen molar-refractivity contribution in [2.24, 2.45) is 0 Å². The molecule has 0 atom stereocenters. The Morgan fingerprint density at radius 1 is 0.949 bits per heavy atom. The molecule has 2 heterocycles. The van der Waals surface area contributed by atoms with Gasteiger partial charge in [-0.2, -0.15) is 26.3 Å².